The minimum absolute atomic E-state index is 0.271. The van der Waals surface area contributed by atoms with Crippen molar-refractivity contribution in [3.63, 3.8) is 0 Å². The van der Waals surface area contributed by atoms with E-state index < -0.39 is 0 Å². The first kappa shape index (κ1) is 24.6. The van der Waals surface area contributed by atoms with Crippen LogP contribution in [-0.2, 0) is 11.3 Å². The lowest BCUT2D eigenvalue weighted by Gasteiger charge is -2.11. The Morgan fingerprint density at radius 1 is 1.25 bits per heavy atom. The second-order valence-electron chi connectivity index (χ2n) is 7.13. The molecule has 2 N–H and O–H groups in total. The van der Waals surface area contributed by atoms with Gasteiger partial charge in [0.1, 0.15) is 5.82 Å². The summed E-state index contributed by atoms with van der Waals surface area (Å²) >= 11 is 13.6. The summed E-state index contributed by atoms with van der Waals surface area (Å²) in [6.45, 7) is 8.84. The largest absolute Gasteiger partial charge is 0.380 e. The number of nitrogens with one attached hydrogen (secondary N) is 2. The van der Waals surface area contributed by atoms with Gasteiger partial charge in [-0.25, -0.2) is 14.6 Å². The lowest BCUT2D eigenvalue weighted by Crippen LogP contribution is -2.27. The Hall–Kier alpha value is -2.07. The van der Waals surface area contributed by atoms with E-state index in [2.05, 4.69) is 34.6 Å². The monoisotopic (exact) mass is 496 g/mol. The summed E-state index contributed by atoms with van der Waals surface area (Å²) in [5.41, 5.74) is 1.08. The molecule has 1 aromatic carbocycles. The molecule has 172 valence electrons. The third-order valence-corrected chi connectivity index (χ3v) is 5.76. The molecule has 0 spiro atoms. The van der Waals surface area contributed by atoms with Crippen LogP contribution < -0.4 is 10.6 Å². The zero-order valence-corrected chi connectivity index (χ0v) is 20.5. The lowest BCUT2D eigenvalue weighted by molar-refractivity contribution is 0.0952. The number of thioether (sulfide) groups is 1. The highest BCUT2D eigenvalue weighted by Gasteiger charge is 2.15. The minimum Gasteiger partial charge on any atom is -0.380 e. The average Bonchev–Trinajstić information content (AvgIpc) is 3.13. The number of ether oxygens (including phenoxy) is 1. The van der Waals surface area contributed by atoms with E-state index in [9.17, 15) is 4.79 Å². The molecule has 0 saturated carbocycles. The summed E-state index contributed by atoms with van der Waals surface area (Å²) in [5.74, 6) is 0.452. The van der Waals surface area contributed by atoms with Crippen molar-refractivity contribution in [2.75, 3.05) is 31.6 Å². The molecule has 8 nitrogen and oxygen atoms in total. The van der Waals surface area contributed by atoms with E-state index in [0.717, 1.165) is 11.2 Å². The number of hydrogen-bond donors (Lipinski definition) is 2. The van der Waals surface area contributed by atoms with Gasteiger partial charge in [-0.05, 0) is 25.1 Å². The molecule has 32 heavy (non-hydrogen) atoms. The van der Waals surface area contributed by atoms with Crippen molar-refractivity contribution in [3.05, 3.63) is 40.0 Å². The van der Waals surface area contributed by atoms with E-state index in [4.69, 9.17) is 32.9 Å². The Labute approximate surface area is 201 Å². The van der Waals surface area contributed by atoms with Crippen molar-refractivity contribution in [3.8, 4) is 0 Å². The van der Waals surface area contributed by atoms with E-state index in [1.54, 1.807) is 40.8 Å². The highest BCUT2D eigenvalue weighted by Crippen LogP contribution is 2.26. The summed E-state index contributed by atoms with van der Waals surface area (Å²) in [7, 11) is 0. The molecule has 11 heteroatoms. The molecule has 0 bridgehead atoms. The predicted molar refractivity (Wildman–Crippen MR) is 130 cm³/mol. The Kier molecular flexibility index (Phi) is 8.98. The molecule has 0 unspecified atom stereocenters. The van der Waals surface area contributed by atoms with E-state index in [0.29, 0.717) is 64.5 Å². The minimum atomic E-state index is -0.271. The molecule has 2 heterocycles. The fourth-order valence-electron chi connectivity index (χ4n) is 2.93. The van der Waals surface area contributed by atoms with Crippen molar-refractivity contribution in [1.82, 2.24) is 25.1 Å². The molecule has 1 amide bonds. The number of nitrogens with zero attached hydrogens (tertiary/aromatic N) is 4. The summed E-state index contributed by atoms with van der Waals surface area (Å²) in [6, 6.07) is 4.78. The fraction of sp³-hybridized carbons (Fsp3) is 0.429. The van der Waals surface area contributed by atoms with Crippen LogP contribution in [0.15, 0.2) is 29.6 Å². The third kappa shape index (κ3) is 6.48. The Morgan fingerprint density at radius 3 is 2.78 bits per heavy atom. The first-order valence-corrected chi connectivity index (χ1v) is 12.0. The maximum absolute atomic E-state index is 12.5. The molecule has 3 aromatic rings. The number of carbonyl (C=O) groups excluding carboxylic acids is 1. The van der Waals surface area contributed by atoms with Crippen LogP contribution in [0.1, 0.15) is 31.1 Å². The van der Waals surface area contributed by atoms with Gasteiger partial charge in [0.15, 0.2) is 10.8 Å². The molecule has 0 saturated heterocycles. The van der Waals surface area contributed by atoms with Gasteiger partial charge in [0.25, 0.3) is 5.91 Å². The van der Waals surface area contributed by atoms with Crippen LogP contribution in [0.3, 0.4) is 0 Å². The van der Waals surface area contributed by atoms with E-state index in [-0.39, 0.29) is 5.91 Å². The molecular formula is C21H26Cl2N6O2S. The molecule has 2 aromatic heterocycles. The molecule has 0 aliphatic rings. The van der Waals surface area contributed by atoms with Crippen molar-refractivity contribution in [1.29, 1.82) is 0 Å². The van der Waals surface area contributed by atoms with Crippen LogP contribution in [0, 0.1) is 0 Å². The first-order chi connectivity index (χ1) is 15.4. The van der Waals surface area contributed by atoms with E-state index in [1.165, 1.54) is 0 Å². The number of halogens is 2. The van der Waals surface area contributed by atoms with E-state index >= 15 is 0 Å². The van der Waals surface area contributed by atoms with Crippen LogP contribution >= 0.6 is 35.0 Å². The number of fused-ring (bicyclic) bond motifs is 1. The van der Waals surface area contributed by atoms with Crippen molar-refractivity contribution in [2.24, 2.45) is 0 Å². The Balaban J connectivity index is 1.73. The van der Waals surface area contributed by atoms with Gasteiger partial charge in [-0.2, -0.15) is 5.10 Å². The van der Waals surface area contributed by atoms with Crippen molar-refractivity contribution < 1.29 is 9.53 Å². The molecule has 0 aliphatic heterocycles. The number of rotatable bonds is 11. The Bertz CT molecular complexity index is 1080. The predicted octanol–water partition coefficient (Wildman–Crippen LogP) is 4.51. The molecule has 0 atom stereocenters. The number of carbonyl (C=O) groups is 1. The van der Waals surface area contributed by atoms with Gasteiger partial charge in [0.05, 0.1) is 35.3 Å². The zero-order valence-electron chi connectivity index (χ0n) is 18.2. The van der Waals surface area contributed by atoms with Gasteiger partial charge in [-0.3, -0.25) is 4.79 Å². The maximum atomic E-state index is 12.5. The van der Waals surface area contributed by atoms with Crippen molar-refractivity contribution >= 4 is 57.7 Å². The maximum Gasteiger partial charge on any atom is 0.252 e. The van der Waals surface area contributed by atoms with Crippen LogP contribution in [-0.4, -0.2) is 57.2 Å². The Morgan fingerprint density at radius 2 is 2.06 bits per heavy atom. The van der Waals surface area contributed by atoms with Crippen LogP contribution in [0.5, 0.6) is 0 Å². The second kappa shape index (κ2) is 11.7. The summed E-state index contributed by atoms with van der Waals surface area (Å²) in [5, 5.41) is 13.3. The quantitative estimate of drug-likeness (QED) is 0.229. The third-order valence-electron chi connectivity index (χ3n) is 4.34. The number of benzene rings is 1. The SMILES string of the molecule is CCOCCNc1nc(SC(C)C)nc2c1cnn2CCNC(=O)c1ccc(Cl)cc1Cl. The fourth-order valence-corrected chi connectivity index (χ4v) is 4.13. The number of anilines is 1. The van der Waals surface area contributed by atoms with Gasteiger partial charge in [0, 0.05) is 30.0 Å². The highest BCUT2D eigenvalue weighted by atomic mass is 35.5. The van der Waals surface area contributed by atoms with Gasteiger partial charge in [0.2, 0.25) is 0 Å². The van der Waals surface area contributed by atoms with Crippen LogP contribution in [0.2, 0.25) is 10.0 Å². The zero-order chi connectivity index (χ0) is 23.1. The standard InChI is InChI=1S/C21H26Cl2N6O2S/c1-4-31-10-8-24-18-16-12-26-29(19(16)28-21(27-18)32-13(2)3)9-7-25-20(30)15-6-5-14(22)11-17(15)23/h5-6,11-13H,4,7-10H2,1-3H3,(H,25,30)(H,24,27,28). The van der Waals surface area contributed by atoms with Crippen LogP contribution in [0.25, 0.3) is 11.0 Å². The number of amides is 1. The molecule has 3 rings (SSSR count). The summed E-state index contributed by atoms with van der Waals surface area (Å²) < 4.78 is 7.17. The normalized spacial score (nSPS) is 11.3. The average molecular weight is 497 g/mol. The van der Waals surface area contributed by atoms with Gasteiger partial charge >= 0.3 is 0 Å². The number of hydrogen-bond acceptors (Lipinski definition) is 7. The number of aromatic nitrogens is 4. The topological polar surface area (TPSA) is 94.0 Å². The summed E-state index contributed by atoms with van der Waals surface area (Å²) in [6.07, 6.45) is 1.74. The summed E-state index contributed by atoms with van der Waals surface area (Å²) in [4.78, 5) is 21.8. The molecule has 0 fully saturated rings. The molecular weight excluding hydrogens is 471 g/mol. The smallest absolute Gasteiger partial charge is 0.252 e. The molecule has 0 aliphatic carbocycles. The van der Waals surface area contributed by atoms with Crippen LogP contribution in [0.4, 0.5) is 5.82 Å². The van der Waals surface area contributed by atoms with Gasteiger partial charge in [-0.15, -0.1) is 0 Å². The lowest BCUT2D eigenvalue weighted by atomic mass is 10.2. The highest BCUT2D eigenvalue weighted by molar-refractivity contribution is 7.99. The molecule has 0 radical (unpaired) electrons. The van der Waals surface area contributed by atoms with Gasteiger partial charge < -0.3 is 15.4 Å². The van der Waals surface area contributed by atoms with Gasteiger partial charge in [-0.1, -0.05) is 48.8 Å². The van der Waals surface area contributed by atoms with Crippen molar-refractivity contribution in [2.45, 2.75) is 37.7 Å². The first-order valence-electron chi connectivity index (χ1n) is 10.3. The van der Waals surface area contributed by atoms with E-state index in [1.807, 2.05) is 6.92 Å². The second-order valence-corrected chi connectivity index (χ2v) is 9.52.